The van der Waals surface area contributed by atoms with Crippen LogP contribution in [0.15, 0.2) is 53.7 Å². The minimum Gasteiger partial charge on any atom is -0.450 e. The van der Waals surface area contributed by atoms with Crippen molar-refractivity contribution in [3.63, 3.8) is 0 Å². The number of aromatic nitrogens is 1. The van der Waals surface area contributed by atoms with Gasteiger partial charge in [0.25, 0.3) is 5.91 Å². The van der Waals surface area contributed by atoms with E-state index in [1.54, 1.807) is 18.0 Å². The second-order valence-electron chi connectivity index (χ2n) is 10.0. The van der Waals surface area contributed by atoms with Crippen molar-refractivity contribution >= 4 is 35.0 Å². The number of aliphatic imine (C=N–C) groups is 1. The Labute approximate surface area is 234 Å². The van der Waals surface area contributed by atoms with E-state index in [1.807, 2.05) is 47.4 Å². The van der Waals surface area contributed by atoms with Crippen LogP contribution in [0.4, 0.5) is 16.3 Å². The van der Waals surface area contributed by atoms with Crippen LogP contribution < -0.4 is 11.1 Å². The zero-order chi connectivity index (χ0) is 27.9. The van der Waals surface area contributed by atoms with Crippen LogP contribution in [0.3, 0.4) is 0 Å². The average Bonchev–Trinajstić information content (AvgIpc) is 3.49. The molecular formula is C29H37N7O4. The molecule has 3 aliphatic heterocycles. The first-order valence-corrected chi connectivity index (χ1v) is 13.9. The van der Waals surface area contributed by atoms with Crippen molar-refractivity contribution in [3.8, 4) is 0 Å². The molecule has 2 aromatic rings. The van der Waals surface area contributed by atoms with Gasteiger partial charge in [-0.3, -0.25) is 9.69 Å². The number of anilines is 1. The van der Waals surface area contributed by atoms with Crippen LogP contribution in [0.1, 0.15) is 35.7 Å². The van der Waals surface area contributed by atoms with Gasteiger partial charge in [0.15, 0.2) is 11.8 Å². The van der Waals surface area contributed by atoms with Crippen LogP contribution in [0, 0.1) is 0 Å². The second kappa shape index (κ2) is 12.9. The third-order valence-electron chi connectivity index (χ3n) is 7.51. The number of morpholine rings is 1. The number of hydrogen-bond donors (Lipinski definition) is 2. The monoisotopic (exact) mass is 547 g/mol. The average molecular weight is 548 g/mol. The van der Waals surface area contributed by atoms with Gasteiger partial charge in [0.2, 0.25) is 0 Å². The van der Waals surface area contributed by atoms with Crippen LogP contribution in [0.5, 0.6) is 0 Å². The summed E-state index contributed by atoms with van der Waals surface area (Å²) < 4.78 is 10.6. The summed E-state index contributed by atoms with van der Waals surface area (Å²) in [6, 6.07) is 11.5. The van der Waals surface area contributed by atoms with Gasteiger partial charge in [-0.25, -0.2) is 9.78 Å². The summed E-state index contributed by atoms with van der Waals surface area (Å²) in [4.78, 5) is 40.1. The van der Waals surface area contributed by atoms with Crippen molar-refractivity contribution in [3.05, 3.63) is 59.8 Å². The number of benzene rings is 1. The highest BCUT2D eigenvalue weighted by atomic mass is 16.6. The molecule has 0 bridgehead atoms. The Balaban J connectivity index is 1.19. The highest BCUT2D eigenvalue weighted by Crippen LogP contribution is 2.29. The molecule has 11 heteroatoms. The van der Waals surface area contributed by atoms with E-state index in [1.165, 1.54) is 0 Å². The molecule has 4 heterocycles. The van der Waals surface area contributed by atoms with Gasteiger partial charge in [-0.2, -0.15) is 4.99 Å². The van der Waals surface area contributed by atoms with Crippen LogP contribution >= 0.6 is 0 Å². The van der Waals surface area contributed by atoms with Crippen molar-refractivity contribution in [2.24, 2.45) is 10.7 Å². The Kier molecular flexibility index (Phi) is 8.92. The van der Waals surface area contributed by atoms with E-state index in [2.05, 4.69) is 20.2 Å². The van der Waals surface area contributed by atoms with Crippen LogP contribution in [-0.4, -0.2) is 103 Å². The van der Waals surface area contributed by atoms with Gasteiger partial charge in [0.1, 0.15) is 0 Å². The normalized spacial score (nSPS) is 20.3. The van der Waals surface area contributed by atoms with E-state index in [0.29, 0.717) is 43.5 Å². The molecule has 1 aromatic carbocycles. The van der Waals surface area contributed by atoms with Gasteiger partial charge in [-0.05, 0) is 61.7 Å². The lowest BCUT2D eigenvalue weighted by molar-refractivity contribution is 0.0185. The highest BCUT2D eigenvalue weighted by Gasteiger charge is 2.31. The Morgan fingerprint density at radius 3 is 2.65 bits per heavy atom. The largest absolute Gasteiger partial charge is 0.450 e. The van der Waals surface area contributed by atoms with Gasteiger partial charge in [-0.1, -0.05) is 6.08 Å². The van der Waals surface area contributed by atoms with Gasteiger partial charge < -0.3 is 30.3 Å². The molecule has 2 saturated heterocycles. The predicted octanol–water partition coefficient (Wildman–Crippen LogP) is 2.93. The van der Waals surface area contributed by atoms with Crippen molar-refractivity contribution in [1.82, 2.24) is 19.7 Å². The molecule has 1 aromatic heterocycles. The summed E-state index contributed by atoms with van der Waals surface area (Å²) in [6.45, 7) is 8.10. The minimum absolute atomic E-state index is 0.0457. The van der Waals surface area contributed by atoms with Gasteiger partial charge in [-0.15, -0.1) is 0 Å². The summed E-state index contributed by atoms with van der Waals surface area (Å²) in [5.74, 6) is 0.736. The number of pyridine rings is 1. The fraction of sp³-hybridized carbons (Fsp3) is 0.448. The SMILES string of the molecule is CCOC(=O)N1CC=C(c2cccnc2N=C(N)Nc2ccc(C(=O)N3CCC(N4CCOCC4)C3)cc2)CC1. The fourth-order valence-electron chi connectivity index (χ4n) is 5.37. The van der Waals surface area contributed by atoms with Crippen molar-refractivity contribution in [2.45, 2.75) is 25.8 Å². The molecule has 0 spiro atoms. The molecule has 2 amide bonds. The molecule has 0 aliphatic carbocycles. The fourth-order valence-corrected chi connectivity index (χ4v) is 5.37. The zero-order valence-electron chi connectivity index (χ0n) is 22.9. The van der Waals surface area contributed by atoms with Crippen LogP contribution in [0.25, 0.3) is 5.57 Å². The minimum atomic E-state index is -0.305. The lowest BCUT2D eigenvalue weighted by atomic mass is 10.0. The Hall–Kier alpha value is -3.96. The molecule has 0 saturated carbocycles. The van der Waals surface area contributed by atoms with Crippen LogP contribution in [-0.2, 0) is 9.47 Å². The van der Waals surface area contributed by atoms with E-state index in [0.717, 1.165) is 62.6 Å². The number of rotatable bonds is 6. The first kappa shape index (κ1) is 27.6. The van der Waals surface area contributed by atoms with Crippen molar-refractivity contribution in [2.75, 3.05) is 64.4 Å². The van der Waals surface area contributed by atoms with Gasteiger partial charge in [0.05, 0.1) is 19.8 Å². The highest BCUT2D eigenvalue weighted by molar-refractivity contribution is 5.97. The molecule has 3 N–H and O–H groups in total. The third kappa shape index (κ3) is 6.60. The van der Waals surface area contributed by atoms with E-state index in [9.17, 15) is 9.59 Å². The van der Waals surface area contributed by atoms with E-state index >= 15 is 0 Å². The Morgan fingerprint density at radius 1 is 1.12 bits per heavy atom. The topological polar surface area (TPSA) is 126 Å². The molecule has 1 unspecified atom stereocenters. The molecule has 5 rings (SSSR count). The number of carbonyl (C=O) groups is 2. The summed E-state index contributed by atoms with van der Waals surface area (Å²) >= 11 is 0. The smallest absolute Gasteiger partial charge is 0.410 e. The Bertz CT molecular complexity index is 1260. The lowest BCUT2D eigenvalue weighted by Gasteiger charge is -2.32. The number of nitrogens with two attached hydrogens (primary N) is 1. The zero-order valence-corrected chi connectivity index (χ0v) is 22.9. The Morgan fingerprint density at radius 2 is 1.93 bits per heavy atom. The molecular weight excluding hydrogens is 510 g/mol. The molecule has 1 atom stereocenters. The number of guanidine groups is 1. The maximum absolute atomic E-state index is 13.1. The van der Waals surface area contributed by atoms with E-state index < -0.39 is 0 Å². The molecule has 40 heavy (non-hydrogen) atoms. The molecule has 11 nitrogen and oxygen atoms in total. The summed E-state index contributed by atoms with van der Waals surface area (Å²) in [5, 5.41) is 3.10. The molecule has 3 aliphatic rings. The molecule has 2 fully saturated rings. The molecule has 212 valence electrons. The van der Waals surface area contributed by atoms with Gasteiger partial charge in [0, 0.05) is 68.3 Å². The third-order valence-corrected chi connectivity index (χ3v) is 7.51. The number of nitrogens with zero attached hydrogens (tertiary/aromatic N) is 5. The van der Waals surface area contributed by atoms with Crippen molar-refractivity contribution < 1.29 is 19.1 Å². The number of hydrogen-bond acceptors (Lipinski definition) is 7. The first-order valence-electron chi connectivity index (χ1n) is 13.9. The quantitative estimate of drug-likeness (QED) is 0.418. The standard InChI is InChI=1S/C29H37N7O4/c1-2-40-29(38)35-13-9-21(10-14-35)25-4-3-12-31-26(25)33-28(30)32-23-7-5-22(6-8-23)27(37)36-15-11-24(20-36)34-16-18-39-19-17-34/h3-9,12,24H,2,10-11,13-20H2,1H3,(H3,30,31,32,33). The van der Waals surface area contributed by atoms with Gasteiger partial charge >= 0.3 is 6.09 Å². The number of carbonyl (C=O) groups excluding carboxylic acids is 2. The maximum Gasteiger partial charge on any atom is 0.410 e. The number of likely N-dealkylation sites (tertiary alicyclic amines) is 1. The lowest BCUT2D eigenvalue weighted by Crippen LogP contribution is -2.45. The van der Waals surface area contributed by atoms with Crippen LogP contribution in [0.2, 0.25) is 0 Å². The molecule has 0 radical (unpaired) electrons. The first-order chi connectivity index (χ1) is 19.5. The van der Waals surface area contributed by atoms with E-state index in [-0.39, 0.29) is 18.0 Å². The maximum atomic E-state index is 13.1. The number of amides is 2. The summed E-state index contributed by atoms with van der Waals surface area (Å²) in [7, 11) is 0. The van der Waals surface area contributed by atoms with Crippen molar-refractivity contribution in [1.29, 1.82) is 0 Å². The summed E-state index contributed by atoms with van der Waals surface area (Å²) in [5.41, 5.74) is 9.54. The number of ether oxygens (including phenoxy) is 2. The predicted molar refractivity (Wildman–Crippen MR) is 153 cm³/mol. The summed E-state index contributed by atoms with van der Waals surface area (Å²) in [6.07, 6.45) is 5.03. The number of nitrogens with one attached hydrogen (secondary N) is 1. The second-order valence-corrected chi connectivity index (χ2v) is 10.0. The van der Waals surface area contributed by atoms with E-state index in [4.69, 9.17) is 15.2 Å².